The molecule has 0 atom stereocenters. The summed E-state index contributed by atoms with van der Waals surface area (Å²) in [5.74, 6) is 2.22. The number of amidine groups is 1. The molecule has 2 aliphatic rings. The van der Waals surface area contributed by atoms with E-state index in [1.165, 1.54) is 49.4 Å². The lowest BCUT2D eigenvalue weighted by Gasteiger charge is -2.27. The molecule has 0 bridgehead atoms. The van der Waals surface area contributed by atoms with Gasteiger partial charge in [-0.15, -0.1) is 0 Å². The zero-order valence-electron chi connectivity index (χ0n) is 11.3. The summed E-state index contributed by atoms with van der Waals surface area (Å²) >= 11 is 1.89. The molecule has 2 nitrogen and oxygen atoms in total. The number of aliphatic imine (C=N–C) groups is 1. The molecule has 2 rings (SSSR count). The van der Waals surface area contributed by atoms with Crippen molar-refractivity contribution in [2.45, 2.75) is 52.4 Å². The minimum absolute atomic E-state index is 0.389. The molecule has 1 aliphatic carbocycles. The lowest BCUT2D eigenvalue weighted by Crippen LogP contribution is -2.31. The Morgan fingerprint density at radius 1 is 1.35 bits per heavy atom. The second-order valence-corrected chi connectivity index (χ2v) is 7.26. The zero-order chi connectivity index (χ0) is 12.1. The van der Waals surface area contributed by atoms with Gasteiger partial charge in [-0.3, -0.25) is 4.99 Å². The Balaban J connectivity index is 1.57. The molecule has 0 aromatic carbocycles. The fourth-order valence-electron chi connectivity index (χ4n) is 2.63. The molecule has 98 valence electrons. The largest absolute Gasteiger partial charge is 0.365 e. The van der Waals surface area contributed by atoms with Gasteiger partial charge in [-0.25, -0.2) is 0 Å². The van der Waals surface area contributed by atoms with E-state index < -0.39 is 0 Å². The van der Waals surface area contributed by atoms with Crippen molar-refractivity contribution in [3.63, 3.8) is 0 Å². The van der Waals surface area contributed by atoms with E-state index in [1.807, 2.05) is 11.8 Å². The number of hydrogen-bond acceptors (Lipinski definition) is 3. The van der Waals surface area contributed by atoms with Crippen LogP contribution in [0.3, 0.4) is 0 Å². The van der Waals surface area contributed by atoms with Crippen molar-refractivity contribution in [2.24, 2.45) is 16.3 Å². The molecule has 1 heterocycles. The third-order valence-electron chi connectivity index (χ3n) is 3.79. The van der Waals surface area contributed by atoms with Crippen LogP contribution in [0.15, 0.2) is 4.99 Å². The summed E-state index contributed by atoms with van der Waals surface area (Å²) < 4.78 is 0. The van der Waals surface area contributed by atoms with E-state index in [0.29, 0.717) is 5.41 Å². The third-order valence-corrected chi connectivity index (χ3v) is 5.26. The standard InChI is InChI=1S/C14H26N2S/c1-14(2)10-16-13(17-11-14)15-9-5-8-12-6-3-4-7-12/h12H,3-11H2,1-2H3,(H,15,16). The van der Waals surface area contributed by atoms with Crippen LogP contribution in [0.5, 0.6) is 0 Å². The van der Waals surface area contributed by atoms with Crippen LogP contribution < -0.4 is 5.32 Å². The van der Waals surface area contributed by atoms with Crippen LogP contribution >= 0.6 is 11.8 Å². The van der Waals surface area contributed by atoms with Gasteiger partial charge in [0.1, 0.15) is 0 Å². The number of thioether (sulfide) groups is 1. The summed E-state index contributed by atoms with van der Waals surface area (Å²) in [5.41, 5.74) is 0.389. The Morgan fingerprint density at radius 2 is 2.12 bits per heavy atom. The average molecular weight is 254 g/mol. The summed E-state index contributed by atoms with van der Waals surface area (Å²) in [4.78, 5) is 4.62. The smallest absolute Gasteiger partial charge is 0.156 e. The Morgan fingerprint density at radius 3 is 2.76 bits per heavy atom. The van der Waals surface area contributed by atoms with E-state index in [4.69, 9.17) is 0 Å². The first-order valence-corrected chi connectivity index (χ1v) is 8.05. The molecule has 0 spiro atoms. The van der Waals surface area contributed by atoms with Crippen LogP contribution in [-0.4, -0.2) is 24.0 Å². The van der Waals surface area contributed by atoms with E-state index in [0.717, 1.165) is 19.0 Å². The molecule has 0 amide bonds. The van der Waals surface area contributed by atoms with Crippen molar-refractivity contribution in [1.29, 1.82) is 0 Å². The van der Waals surface area contributed by atoms with Crippen LogP contribution in [0.2, 0.25) is 0 Å². The minimum Gasteiger partial charge on any atom is -0.365 e. The van der Waals surface area contributed by atoms with Gasteiger partial charge in [0.15, 0.2) is 5.17 Å². The monoisotopic (exact) mass is 254 g/mol. The predicted octanol–water partition coefficient (Wildman–Crippen LogP) is 3.68. The first-order chi connectivity index (χ1) is 8.16. The predicted molar refractivity (Wildman–Crippen MR) is 77.7 cm³/mol. The molecule has 0 unspecified atom stereocenters. The molecular weight excluding hydrogens is 228 g/mol. The highest BCUT2D eigenvalue weighted by molar-refractivity contribution is 8.13. The molecule has 0 aromatic rings. The highest BCUT2D eigenvalue weighted by atomic mass is 32.2. The molecule has 0 aromatic heterocycles. The maximum Gasteiger partial charge on any atom is 0.156 e. The van der Waals surface area contributed by atoms with Crippen molar-refractivity contribution in [3.8, 4) is 0 Å². The van der Waals surface area contributed by atoms with E-state index >= 15 is 0 Å². The van der Waals surface area contributed by atoms with E-state index in [9.17, 15) is 0 Å². The van der Waals surface area contributed by atoms with Crippen LogP contribution in [0.1, 0.15) is 52.4 Å². The van der Waals surface area contributed by atoms with Gasteiger partial charge < -0.3 is 5.32 Å². The molecule has 3 heteroatoms. The number of rotatable bonds is 4. The quantitative estimate of drug-likeness (QED) is 0.774. The van der Waals surface area contributed by atoms with Crippen LogP contribution in [0.4, 0.5) is 0 Å². The second kappa shape index (κ2) is 6.12. The Kier molecular flexibility index (Phi) is 4.78. The minimum atomic E-state index is 0.389. The molecule has 17 heavy (non-hydrogen) atoms. The van der Waals surface area contributed by atoms with Crippen molar-refractivity contribution in [1.82, 2.24) is 5.32 Å². The maximum absolute atomic E-state index is 4.62. The van der Waals surface area contributed by atoms with Crippen LogP contribution in [-0.2, 0) is 0 Å². The van der Waals surface area contributed by atoms with Gasteiger partial charge in [0.25, 0.3) is 0 Å². The summed E-state index contributed by atoms with van der Waals surface area (Å²) in [6.45, 7) is 6.68. The van der Waals surface area contributed by atoms with Crippen molar-refractivity contribution in [3.05, 3.63) is 0 Å². The fourth-order valence-corrected chi connectivity index (χ4v) is 3.61. The summed E-state index contributed by atoms with van der Waals surface area (Å²) in [6.07, 6.45) is 8.61. The molecule has 1 N–H and O–H groups in total. The maximum atomic E-state index is 4.62. The topological polar surface area (TPSA) is 24.4 Å². The van der Waals surface area contributed by atoms with Gasteiger partial charge in [-0.05, 0) is 24.2 Å². The second-order valence-electron chi connectivity index (χ2n) is 6.29. The fraction of sp³-hybridized carbons (Fsp3) is 0.929. The Labute approximate surface area is 110 Å². The molecule has 0 saturated heterocycles. The van der Waals surface area contributed by atoms with Gasteiger partial charge >= 0.3 is 0 Å². The first-order valence-electron chi connectivity index (χ1n) is 7.07. The average Bonchev–Trinajstić information content (AvgIpc) is 2.79. The van der Waals surface area contributed by atoms with Gasteiger partial charge in [-0.1, -0.05) is 51.3 Å². The lowest BCUT2D eigenvalue weighted by molar-refractivity contribution is 0.436. The zero-order valence-corrected chi connectivity index (χ0v) is 12.1. The van der Waals surface area contributed by atoms with Gasteiger partial charge in [0.05, 0.1) is 0 Å². The van der Waals surface area contributed by atoms with Crippen molar-refractivity contribution >= 4 is 16.9 Å². The molecule has 1 saturated carbocycles. The summed E-state index contributed by atoms with van der Waals surface area (Å²) in [7, 11) is 0. The number of hydrogen-bond donors (Lipinski definition) is 1. The lowest BCUT2D eigenvalue weighted by atomic mass is 9.97. The van der Waals surface area contributed by atoms with E-state index in [1.54, 1.807) is 0 Å². The molecule has 1 aliphatic heterocycles. The molecule has 1 fully saturated rings. The summed E-state index contributed by atoms with van der Waals surface area (Å²) in [6, 6.07) is 0. The summed E-state index contributed by atoms with van der Waals surface area (Å²) in [5, 5.41) is 4.67. The van der Waals surface area contributed by atoms with Gasteiger partial charge in [0.2, 0.25) is 0 Å². The van der Waals surface area contributed by atoms with Gasteiger partial charge in [-0.2, -0.15) is 0 Å². The van der Waals surface area contributed by atoms with Crippen LogP contribution in [0.25, 0.3) is 0 Å². The molecule has 0 radical (unpaired) electrons. The number of nitrogens with zero attached hydrogens (tertiary/aromatic N) is 1. The third kappa shape index (κ3) is 4.53. The molecular formula is C14H26N2S. The Bertz CT molecular complexity index is 267. The van der Waals surface area contributed by atoms with E-state index in [2.05, 4.69) is 24.2 Å². The van der Waals surface area contributed by atoms with Crippen molar-refractivity contribution < 1.29 is 0 Å². The first kappa shape index (κ1) is 13.3. The van der Waals surface area contributed by atoms with Crippen molar-refractivity contribution in [2.75, 3.05) is 18.8 Å². The van der Waals surface area contributed by atoms with Crippen LogP contribution in [0, 0.1) is 11.3 Å². The highest BCUT2D eigenvalue weighted by Crippen LogP contribution is 2.29. The SMILES string of the molecule is CC1(C)CN=C(NCCCC2CCCC2)SC1. The van der Waals surface area contributed by atoms with E-state index in [-0.39, 0.29) is 0 Å². The highest BCUT2D eigenvalue weighted by Gasteiger charge is 2.23. The normalized spacial score (nSPS) is 24.7. The van der Waals surface area contributed by atoms with Gasteiger partial charge in [0, 0.05) is 18.8 Å². The Hall–Kier alpha value is -0.180. The number of nitrogens with one attached hydrogen (secondary N) is 1.